The van der Waals surface area contributed by atoms with Crippen LogP contribution in [0.2, 0.25) is 5.02 Å². The van der Waals surface area contributed by atoms with E-state index in [0.717, 1.165) is 24.4 Å². The van der Waals surface area contributed by atoms with Gasteiger partial charge >= 0.3 is 5.97 Å². The molecule has 0 aliphatic heterocycles. The largest absolute Gasteiger partial charge is 0.462 e. The second-order valence-electron chi connectivity index (χ2n) is 5.32. The standard InChI is InChI=1S/C17H15ClF2N2O4/c1-3-17(19,20)14-6-5-10(9-21-14)15-12(16(23)26-4-2)7-11(22(24)25)8-13(15)18/h5-9H,3-4H2,1-2H3. The van der Waals surface area contributed by atoms with Crippen molar-refractivity contribution < 1.29 is 23.2 Å². The highest BCUT2D eigenvalue weighted by molar-refractivity contribution is 6.34. The topological polar surface area (TPSA) is 82.3 Å². The van der Waals surface area contributed by atoms with Crippen molar-refractivity contribution in [3.05, 3.63) is 56.9 Å². The molecule has 6 nitrogen and oxygen atoms in total. The molecule has 1 aromatic heterocycles. The molecule has 138 valence electrons. The molecule has 9 heteroatoms. The molecule has 0 amide bonds. The number of carbonyl (C=O) groups excluding carboxylic acids is 1. The minimum atomic E-state index is -3.08. The Morgan fingerprint density at radius 3 is 2.54 bits per heavy atom. The average molecular weight is 385 g/mol. The minimum absolute atomic E-state index is 0.0541. The van der Waals surface area contributed by atoms with Gasteiger partial charge in [-0.3, -0.25) is 15.1 Å². The van der Waals surface area contributed by atoms with Gasteiger partial charge in [0.15, 0.2) is 0 Å². The van der Waals surface area contributed by atoms with Gasteiger partial charge in [0.25, 0.3) is 11.6 Å². The molecule has 0 aliphatic carbocycles. The molecule has 0 bridgehead atoms. The Labute approximate surface area is 152 Å². The molecule has 1 aromatic carbocycles. The fourth-order valence-corrected chi connectivity index (χ4v) is 2.62. The maximum atomic E-state index is 13.7. The zero-order valence-corrected chi connectivity index (χ0v) is 14.7. The lowest BCUT2D eigenvalue weighted by Gasteiger charge is -2.15. The molecule has 0 saturated heterocycles. The van der Waals surface area contributed by atoms with E-state index in [1.165, 1.54) is 13.0 Å². The Hall–Kier alpha value is -2.61. The van der Waals surface area contributed by atoms with Gasteiger partial charge in [0.1, 0.15) is 5.69 Å². The fraction of sp³-hybridized carbons (Fsp3) is 0.294. The smallest absolute Gasteiger partial charge is 0.339 e. The normalized spacial score (nSPS) is 11.3. The molecule has 2 rings (SSSR count). The van der Waals surface area contributed by atoms with E-state index in [1.54, 1.807) is 6.92 Å². The van der Waals surface area contributed by atoms with Crippen molar-refractivity contribution in [2.45, 2.75) is 26.2 Å². The number of hydrogen-bond donors (Lipinski definition) is 0. The van der Waals surface area contributed by atoms with Crippen LogP contribution >= 0.6 is 11.6 Å². The summed E-state index contributed by atoms with van der Waals surface area (Å²) in [5.74, 6) is -3.89. The lowest BCUT2D eigenvalue weighted by atomic mass is 9.99. The summed E-state index contributed by atoms with van der Waals surface area (Å²) >= 11 is 6.13. The number of nitro groups is 1. The number of halogens is 3. The quantitative estimate of drug-likeness (QED) is 0.398. The molecule has 0 aliphatic rings. The Morgan fingerprint density at radius 1 is 1.35 bits per heavy atom. The number of benzene rings is 1. The van der Waals surface area contributed by atoms with Crippen LogP contribution in [0.1, 0.15) is 36.3 Å². The van der Waals surface area contributed by atoms with E-state index in [9.17, 15) is 23.7 Å². The third-order valence-corrected chi connectivity index (χ3v) is 3.95. The number of rotatable bonds is 6. The number of nitrogens with zero attached hydrogens (tertiary/aromatic N) is 2. The summed E-state index contributed by atoms with van der Waals surface area (Å²) in [6.07, 6.45) is 0.736. The lowest BCUT2D eigenvalue weighted by Crippen LogP contribution is -2.13. The Morgan fingerprint density at radius 2 is 2.04 bits per heavy atom. The van der Waals surface area contributed by atoms with Gasteiger partial charge in [-0.2, -0.15) is 8.78 Å². The van der Waals surface area contributed by atoms with Gasteiger partial charge < -0.3 is 4.74 Å². The van der Waals surface area contributed by atoms with Gasteiger partial charge in [-0.05, 0) is 13.0 Å². The third-order valence-electron chi connectivity index (χ3n) is 3.65. The number of ether oxygens (including phenoxy) is 1. The molecule has 0 unspecified atom stereocenters. The predicted octanol–water partition coefficient (Wildman–Crippen LogP) is 4.99. The van der Waals surface area contributed by atoms with Crippen LogP contribution < -0.4 is 0 Å². The van der Waals surface area contributed by atoms with Crippen molar-refractivity contribution in [3.8, 4) is 11.1 Å². The molecule has 0 spiro atoms. The SMILES string of the molecule is CCOC(=O)c1cc([N+](=O)[O-])cc(Cl)c1-c1ccc(C(F)(F)CC)nc1. The second-order valence-corrected chi connectivity index (χ2v) is 5.73. The number of aromatic nitrogens is 1. The fourth-order valence-electron chi connectivity index (χ4n) is 2.30. The first-order chi connectivity index (χ1) is 12.2. The van der Waals surface area contributed by atoms with E-state index in [1.807, 2.05) is 0 Å². The molecule has 0 radical (unpaired) electrons. The third kappa shape index (κ3) is 3.96. The van der Waals surface area contributed by atoms with Gasteiger partial charge in [-0.15, -0.1) is 0 Å². The first-order valence-electron chi connectivity index (χ1n) is 7.71. The van der Waals surface area contributed by atoms with Crippen LogP contribution in [0.25, 0.3) is 11.1 Å². The molecule has 0 saturated carbocycles. The maximum Gasteiger partial charge on any atom is 0.339 e. The molecular weight excluding hydrogens is 370 g/mol. The number of esters is 1. The summed E-state index contributed by atoms with van der Waals surface area (Å²) in [7, 11) is 0. The highest BCUT2D eigenvalue weighted by Crippen LogP contribution is 2.37. The summed E-state index contributed by atoms with van der Waals surface area (Å²) in [4.78, 5) is 26.3. The van der Waals surface area contributed by atoms with E-state index in [4.69, 9.17) is 16.3 Å². The van der Waals surface area contributed by atoms with Gasteiger partial charge in [0, 0.05) is 35.9 Å². The van der Waals surface area contributed by atoms with Crippen LogP contribution in [0, 0.1) is 10.1 Å². The molecule has 0 fully saturated rings. The monoisotopic (exact) mass is 384 g/mol. The van der Waals surface area contributed by atoms with E-state index >= 15 is 0 Å². The van der Waals surface area contributed by atoms with Crippen molar-refractivity contribution in [2.75, 3.05) is 6.61 Å². The summed E-state index contributed by atoms with van der Waals surface area (Å²) in [6, 6.07) is 4.58. The Balaban J connectivity index is 2.61. The van der Waals surface area contributed by atoms with Crippen molar-refractivity contribution in [1.82, 2.24) is 4.98 Å². The van der Waals surface area contributed by atoms with Gasteiger partial charge in [0.2, 0.25) is 0 Å². The van der Waals surface area contributed by atoms with Crippen molar-refractivity contribution in [3.63, 3.8) is 0 Å². The van der Waals surface area contributed by atoms with Gasteiger partial charge in [-0.25, -0.2) is 4.79 Å². The average Bonchev–Trinajstić information content (AvgIpc) is 2.61. The first kappa shape index (κ1) is 19.7. The van der Waals surface area contributed by atoms with Crippen LogP contribution in [0.4, 0.5) is 14.5 Å². The minimum Gasteiger partial charge on any atom is -0.462 e. The number of non-ortho nitro benzene ring substituents is 1. The number of hydrogen-bond acceptors (Lipinski definition) is 5. The van der Waals surface area contributed by atoms with Crippen LogP contribution in [-0.2, 0) is 10.7 Å². The molecule has 0 N–H and O–H groups in total. The molecular formula is C17H15ClF2N2O4. The van der Waals surface area contributed by atoms with Crippen molar-refractivity contribution in [1.29, 1.82) is 0 Å². The summed E-state index contributed by atoms with van der Waals surface area (Å²) in [5, 5.41) is 10.9. The highest BCUT2D eigenvalue weighted by Gasteiger charge is 2.31. The molecule has 26 heavy (non-hydrogen) atoms. The summed E-state index contributed by atoms with van der Waals surface area (Å²) in [5.41, 5.74) is -0.538. The molecule has 1 heterocycles. The van der Waals surface area contributed by atoms with Crippen LogP contribution in [0.3, 0.4) is 0 Å². The predicted molar refractivity (Wildman–Crippen MR) is 91.5 cm³/mol. The second kappa shape index (κ2) is 7.74. The highest BCUT2D eigenvalue weighted by atomic mass is 35.5. The number of carbonyl (C=O) groups is 1. The molecule has 2 aromatic rings. The Bertz CT molecular complexity index is 841. The van der Waals surface area contributed by atoms with Crippen LogP contribution in [-0.4, -0.2) is 22.5 Å². The van der Waals surface area contributed by atoms with Crippen molar-refractivity contribution in [2.24, 2.45) is 0 Å². The number of nitro benzene ring substituents is 1. The number of pyridine rings is 1. The van der Waals surface area contributed by atoms with E-state index in [-0.39, 0.29) is 34.0 Å². The molecule has 0 atom stereocenters. The summed E-state index contributed by atoms with van der Waals surface area (Å²) in [6.45, 7) is 2.97. The van der Waals surface area contributed by atoms with Gasteiger partial charge in [-0.1, -0.05) is 24.6 Å². The van der Waals surface area contributed by atoms with Crippen LogP contribution in [0.5, 0.6) is 0 Å². The van der Waals surface area contributed by atoms with E-state index < -0.39 is 28.9 Å². The van der Waals surface area contributed by atoms with Crippen molar-refractivity contribution >= 4 is 23.3 Å². The van der Waals surface area contributed by atoms with Crippen LogP contribution in [0.15, 0.2) is 30.5 Å². The first-order valence-corrected chi connectivity index (χ1v) is 8.08. The maximum absolute atomic E-state index is 13.7. The lowest BCUT2D eigenvalue weighted by molar-refractivity contribution is -0.384. The number of alkyl halides is 2. The zero-order chi connectivity index (χ0) is 19.5. The summed E-state index contributed by atoms with van der Waals surface area (Å²) < 4.78 is 32.3. The van der Waals surface area contributed by atoms with E-state index in [0.29, 0.717) is 0 Å². The van der Waals surface area contributed by atoms with E-state index in [2.05, 4.69) is 4.98 Å². The zero-order valence-electron chi connectivity index (χ0n) is 14.0. The van der Waals surface area contributed by atoms with Gasteiger partial charge in [0.05, 0.1) is 22.1 Å². The Kier molecular flexibility index (Phi) is 5.86.